The van der Waals surface area contributed by atoms with Gasteiger partial charge in [-0.1, -0.05) is 29.1 Å². The van der Waals surface area contributed by atoms with Gasteiger partial charge in [-0.3, -0.25) is 0 Å². The second-order valence-corrected chi connectivity index (χ2v) is 10.1. The zero-order valence-electron chi connectivity index (χ0n) is 18.2. The van der Waals surface area contributed by atoms with Gasteiger partial charge in [-0.2, -0.15) is 5.26 Å². The third-order valence-electron chi connectivity index (χ3n) is 5.45. The number of hydrogen-bond acceptors (Lipinski definition) is 9. The average molecular weight is 506 g/mol. The van der Waals surface area contributed by atoms with Crippen molar-refractivity contribution in [1.29, 1.82) is 5.26 Å². The van der Waals surface area contributed by atoms with Gasteiger partial charge in [-0.15, -0.1) is 16.7 Å². The van der Waals surface area contributed by atoms with Gasteiger partial charge in [0, 0.05) is 23.1 Å². The lowest BCUT2D eigenvalue weighted by Gasteiger charge is -2.35. The van der Waals surface area contributed by atoms with E-state index in [2.05, 4.69) is 15.3 Å². The molecule has 12 heteroatoms. The zero-order valence-corrected chi connectivity index (χ0v) is 19.8. The lowest BCUT2D eigenvalue weighted by Crippen LogP contribution is -2.44. The fourth-order valence-corrected chi connectivity index (χ4v) is 5.01. The largest absolute Gasteiger partial charge is 0.506 e. The molecule has 9 nitrogen and oxygen atoms in total. The summed E-state index contributed by atoms with van der Waals surface area (Å²) in [4.78, 5) is 3.71. The second-order valence-electron chi connectivity index (χ2n) is 8.19. The smallest absolute Gasteiger partial charge is 0.198 e. The molecular weight excluding hydrogens is 485 g/mol. The summed E-state index contributed by atoms with van der Waals surface area (Å²) < 4.78 is 20.9. The summed E-state index contributed by atoms with van der Waals surface area (Å²) in [5.41, 5.74) is 1.40. The van der Waals surface area contributed by atoms with E-state index in [1.165, 1.54) is 23.2 Å². The maximum atomic E-state index is 14.0. The van der Waals surface area contributed by atoms with Crippen LogP contribution in [0.4, 0.5) is 4.39 Å². The fourth-order valence-electron chi connectivity index (χ4n) is 3.56. The summed E-state index contributed by atoms with van der Waals surface area (Å²) in [6, 6.07) is 5.45. The summed E-state index contributed by atoms with van der Waals surface area (Å²) in [6.07, 6.45) is 0.729. The van der Waals surface area contributed by atoms with Crippen molar-refractivity contribution in [2.24, 2.45) is 4.99 Å². The molecule has 0 saturated carbocycles. The predicted molar refractivity (Wildman–Crippen MR) is 124 cm³/mol. The van der Waals surface area contributed by atoms with E-state index in [0.717, 1.165) is 11.8 Å². The minimum atomic E-state index is -1.37. The minimum absolute atomic E-state index is 0.0277. The number of aliphatic imine (C=N–C) groups is 1. The first-order chi connectivity index (χ1) is 16.1. The molecule has 2 aliphatic rings. The number of nitriles is 1. The first-order valence-electron chi connectivity index (χ1n) is 10.3. The van der Waals surface area contributed by atoms with E-state index in [0.29, 0.717) is 21.7 Å². The fraction of sp³-hybridized carbons (Fsp3) is 0.364. The van der Waals surface area contributed by atoms with E-state index in [9.17, 15) is 25.0 Å². The van der Waals surface area contributed by atoms with Crippen molar-refractivity contribution < 1.29 is 24.4 Å². The quantitative estimate of drug-likeness (QED) is 0.526. The zero-order chi connectivity index (χ0) is 24.6. The Balaban J connectivity index is 1.71. The van der Waals surface area contributed by atoms with Gasteiger partial charge in [0.1, 0.15) is 35.4 Å². The van der Waals surface area contributed by atoms with E-state index < -0.39 is 35.5 Å². The number of rotatable bonds is 5. The van der Waals surface area contributed by atoms with E-state index in [4.69, 9.17) is 16.3 Å². The van der Waals surface area contributed by atoms with E-state index in [1.54, 1.807) is 26.0 Å². The van der Waals surface area contributed by atoms with Crippen LogP contribution in [-0.2, 0) is 4.74 Å². The lowest BCUT2D eigenvalue weighted by molar-refractivity contribution is -0.0735. The van der Waals surface area contributed by atoms with Gasteiger partial charge < -0.3 is 20.1 Å². The molecule has 0 spiro atoms. The normalized spacial score (nSPS) is 27.0. The molecule has 34 heavy (non-hydrogen) atoms. The summed E-state index contributed by atoms with van der Waals surface area (Å²) in [5, 5.41) is 49.0. The Kier molecular flexibility index (Phi) is 6.69. The van der Waals surface area contributed by atoms with Crippen LogP contribution in [0.3, 0.4) is 0 Å². The highest BCUT2D eigenvalue weighted by atomic mass is 35.5. The van der Waals surface area contributed by atoms with Crippen LogP contribution in [0.1, 0.15) is 24.9 Å². The number of allylic oxidation sites excluding steroid dienone is 2. The summed E-state index contributed by atoms with van der Waals surface area (Å²) in [6.45, 7) is 2.83. The molecular formula is C22H21ClFN5O4S. The van der Waals surface area contributed by atoms with Gasteiger partial charge in [0.2, 0.25) is 0 Å². The van der Waals surface area contributed by atoms with E-state index in [1.807, 2.05) is 6.07 Å². The maximum Gasteiger partial charge on any atom is 0.198 e. The number of halogens is 2. The van der Waals surface area contributed by atoms with Crippen LogP contribution in [0.25, 0.3) is 11.3 Å². The van der Waals surface area contributed by atoms with Gasteiger partial charge in [-0.25, -0.2) is 14.1 Å². The Bertz CT molecular complexity index is 1250. The molecule has 0 bridgehead atoms. The van der Waals surface area contributed by atoms with Crippen molar-refractivity contribution in [2.75, 3.05) is 6.61 Å². The Labute approximate surface area is 203 Å². The highest BCUT2D eigenvalue weighted by Crippen LogP contribution is 2.44. The van der Waals surface area contributed by atoms with Crippen molar-refractivity contribution >= 4 is 29.6 Å². The third kappa shape index (κ3) is 4.67. The first-order valence-corrected chi connectivity index (χ1v) is 11.5. The number of ether oxygens (including phenoxy) is 1. The van der Waals surface area contributed by atoms with Crippen molar-refractivity contribution in [2.45, 2.75) is 43.4 Å². The molecule has 1 aromatic carbocycles. The molecule has 178 valence electrons. The van der Waals surface area contributed by atoms with Crippen molar-refractivity contribution in [1.82, 2.24) is 15.0 Å². The van der Waals surface area contributed by atoms with Crippen LogP contribution in [0, 0.1) is 24.1 Å². The van der Waals surface area contributed by atoms with Gasteiger partial charge in [0.15, 0.2) is 17.0 Å². The Morgan fingerprint density at radius 1 is 1.44 bits per heavy atom. The Hall–Kier alpha value is -2.91. The highest BCUT2D eigenvalue weighted by molar-refractivity contribution is 8.06. The number of hydrogen-bond donors (Lipinski definition) is 3. The number of aryl methyl sites for hydroxylation is 1. The number of aliphatic hydroxyl groups is 3. The monoisotopic (exact) mass is 505 g/mol. The summed E-state index contributed by atoms with van der Waals surface area (Å²) in [7, 11) is 0. The molecule has 4 atom stereocenters. The van der Waals surface area contributed by atoms with E-state index >= 15 is 0 Å². The standard InChI is InChI=1S/C22H21ClFN5O4S/c1-11-3-4-12(5-13(11)24)15-8-29(28-27-15)18-19(31)16(9-30)33-21(20(18)32)34-17-6-22(2,23)10-26-14(17)7-25/h3-5,8,10,16,18-19,30-32H,6,9H2,1-2H3/t16?,18?,19-,22?/m0/s1. The molecule has 0 aliphatic carbocycles. The SMILES string of the molecule is Cc1ccc(-c2cn(C3C(O)=C(SC4=C(C#N)N=CC(C)(Cl)C4)OC(CO)[C@@H]3O)nn2)cc1F. The number of aliphatic hydroxyl groups excluding tert-OH is 3. The van der Waals surface area contributed by atoms with Crippen molar-refractivity contribution in [3.63, 3.8) is 0 Å². The van der Waals surface area contributed by atoms with Gasteiger partial charge in [0.05, 0.1) is 17.7 Å². The van der Waals surface area contributed by atoms with E-state index in [-0.39, 0.29) is 23.0 Å². The summed E-state index contributed by atoms with van der Waals surface area (Å²) >= 11 is 7.32. The maximum absolute atomic E-state index is 14.0. The van der Waals surface area contributed by atoms with Crippen LogP contribution in [0.15, 0.2) is 50.8 Å². The van der Waals surface area contributed by atoms with Crippen LogP contribution >= 0.6 is 23.4 Å². The van der Waals surface area contributed by atoms with Crippen LogP contribution in [0.2, 0.25) is 0 Å². The third-order valence-corrected chi connectivity index (χ3v) is 6.76. The molecule has 0 saturated heterocycles. The van der Waals surface area contributed by atoms with Crippen LogP contribution in [-0.4, -0.2) is 60.2 Å². The number of aromatic nitrogens is 3. The molecule has 3 N–H and O–H groups in total. The molecule has 1 aromatic heterocycles. The number of alkyl halides is 1. The molecule has 3 heterocycles. The molecule has 4 rings (SSSR count). The topological polar surface area (TPSA) is 137 Å². The predicted octanol–water partition coefficient (Wildman–Crippen LogP) is 3.35. The molecule has 0 fully saturated rings. The number of thioether (sulfide) groups is 1. The molecule has 0 radical (unpaired) electrons. The first kappa shape index (κ1) is 24.2. The second kappa shape index (κ2) is 9.38. The van der Waals surface area contributed by atoms with Crippen molar-refractivity contribution in [3.05, 3.63) is 57.2 Å². The molecule has 0 amide bonds. The molecule has 3 unspecified atom stereocenters. The lowest BCUT2D eigenvalue weighted by atomic mass is 10.0. The van der Waals surface area contributed by atoms with Gasteiger partial charge in [-0.05, 0) is 25.5 Å². The van der Waals surface area contributed by atoms with Gasteiger partial charge >= 0.3 is 0 Å². The average Bonchev–Trinajstić information content (AvgIpc) is 3.27. The molecule has 2 aromatic rings. The number of benzene rings is 1. The summed E-state index contributed by atoms with van der Waals surface area (Å²) in [5.74, 6) is -0.771. The molecule has 2 aliphatic heterocycles. The Morgan fingerprint density at radius 3 is 2.88 bits per heavy atom. The van der Waals surface area contributed by atoms with Crippen LogP contribution < -0.4 is 0 Å². The highest BCUT2D eigenvalue weighted by Gasteiger charge is 2.42. The number of nitrogens with zero attached hydrogens (tertiary/aromatic N) is 5. The minimum Gasteiger partial charge on any atom is -0.506 e. The van der Waals surface area contributed by atoms with Crippen LogP contribution in [0.5, 0.6) is 0 Å². The Morgan fingerprint density at radius 2 is 2.21 bits per heavy atom. The van der Waals surface area contributed by atoms with Gasteiger partial charge in [0.25, 0.3) is 0 Å². The van der Waals surface area contributed by atoms with Crippen molar-refractivity contribution in [3.8, 4) is 17.3 Å².